The van der Waals surface area contributed by atoms with E-state index in [0.29, 0.717) is 13.1 Å². The zero-order chi connectivity index (χ0) is 22.0. The van der Waals surface area contributed by atoms with Crippen LogP contribution in [0.1, 0.15) is 31.7 Å². The number of hydrogen-bond donors (Lipinski definition) is 1. The first kappa shape index (κ1) is 22.2. The molecule has 31 heavy (non-hydrogen) atoms. The van der Waals surface area contributed by atoms with E-state index in [1.165, 1.54) is 5.56 Å². The van der Waals surface area contributed by atoms with Crippen molar-refractivity contribution in [2.75, 3.05) is 18.8 Å². The Hall–Kier alpha value is -2.00. The highest BCUT2D eigenvalue weighted by Crippen LogP contribution is 2.24. The van der Waals surface area contributed by atoms with Crippen LogP contribution in [-0.4, -0.2) is 47.3 Å². The molecule has 8 heteroatoms. The van der Waals surface area contributed by atoms with Gasteiger partial charge in [0.25, 0.3) is 0 Å². The number of fused-ring (bicyclic) bond motifs is 1. The number of nitrogens with zero attached hydrogens (tertiary/aromatic N) is 3. The number of piperidine rings is 1. The predicted molar refractivity (Wildman–Crippen MR) is 129 cm³/mol. The first-order valence-corrected chi connectivity index (χ1v) is 12.9. The summed E-state index contributed by atoms with van der Waals surface area (Å²) in [5.41, 5.74) is 4.49. The molecule has 1 N–H and O–H groups in total. The van der Waals surface area contributed by atoms with Crippen molar-refractivity contribution in [3.8, 4) is 5.69 Å². The van der Waals surface area contributed by atoms with Gasteiger partial charge in [-0.2, -0.15) is 0 Å². The maximum Gasteiger partial charge on any atom is 0.211 e. The lowest BCUT2D eigenvalue weighted by atomic mass is 10.1. The van der Waals surface area contributed by atoms with Crippen LogP contribution in [0.2, 0.25) is 0 Å². The van der Waals surface area contributed by atoms with Gasteiger partial charge >= 0.3 is 0 Å². The number of aryl methyl sites for hydroxylation is 1. The number of hydrogen-bond acceptors (Lipinski definition) is 4. The van der Waals surface area contributed by atoms with Crippen molar-refractivity contribution in [2.45, 2.75) is 45.8 Å². The Labute approximate surface area is 189 Å². The lowest BCUT2D eigenvalue weighted by molar-refractivity contribution is 0.167. The van der Waals surface area contributed by atoms with Gasteiger partial charge in [-0.3, -0.25) is 9.47 Å². The fourth-order valence-corrected chi connectivity index (χ4v) is 6.02. The Kier molecular flexibility index (Phi) is 6.62. The van der Waals surface area contributed by atoms with Crippen molar-refractivity contribution < 1.29 is 8.42 Å². The highest BCUT2D eigenvalue weighted by molar-refractivity contribution is 7.89. The summed E-state index contributed by atoms with van der Waals surface area (Å²) in [7, 11) is -3.17. The Balaban J connectivity index is 1.54. The van der Waals surface area contributed by atoms with E-state index in [9.17, 15) is 8.42 Å². The number of rotatable bonds is 7. The van der Waals surface area contributed by atoms with Gasteiger partial charge < -0.3 is 4.57 Å². The first-order valence-electron chi connectivity index (χ1n) is 10.9. The van der Waals surface area contributed by atoms with Gasteiger partial charge in [0.1, 0.15) is 0 Å². The maximum atomic E-state index is 12.1. The van der Waals surface area contributed by atoms with Crippen LogP contribution in [0.5, 0.6) is 0 Å². The molecule has 1 fully saturated rings. The Morgan fingerprint density at radius 1 is 1.03 bits per heavy atom. The minimum Gasteiger partial charge on any atom is -0.303 e. The quantitative estimate of drug-likeness (QED) is 0.539. The Morgan fingerprint density at radius 3 is 2.32 bits per heavy atom. The second-order valence-corrected chi connectivity index (χ2v) is 10.6. The third-order valence-electron chi connectivity index (χ3n) is 5.88. The van der Waals surface area contributed by atoms with Crippen molar-refractivity contribution in [1.82, 2.24) is 18.8 Å². The van der Waals surface area contributed by atoms with Crippen LogP contribution in [0.3, 0.4) is 0 Å². The molecule has 0 unspecified atom stereocenters. The van der Waals surface area contributed by atoms with E-state index >= 15 is 0 Å². The molecule has 1 aliphatic rings. The SMILES string of the molecule is CCCS(=O)(=O)NC1CCN(Cn2c(=S)n(-c3ccc(C)cc3)c3ccccc32)CC1. The van der Waals surface area contributed by atoms with E-state index in [-0.39, 0.29) is 11.8 Å². The Bertz CT molecular complexity index is 1200. The van der Waals surface area contributed by atoms with Gasteiger partial charge in [0.05, 0.1) is 23.5 Å². The second kappa shape index (κ2) is 9.24. The molecule has 0 saturated carbocycles. The molecule has 0 spiro atoms. The summed E-state index contributed by atoms with van der Waals surface area (Å²) >= 11 is 5.91. The second-order valence-electron chi connectivity index (χ2n) is 8.34. The normalized spacial score (nSPS) is 16.2. The van der Waals surface area contributed by atoms with Crippen LogP contribution in [0.15, 0.2) is 48.5 Å². The van der Waals surface area contributed by atoms with Crippen molar-refractivity contribution in [2.24, 2.45) is 0 Å². The molecule has 1 aromatic heterocycles. The number of benzene rings is 2. The fourth-order valence-electron chi connectivity index (χ4n) is 4.26. The summed E-state index contributed by atoms with van der Waals surface area (Å²) in [4.78, 5) is 2.35. The summed E-state index contributed by atoms with van der Waals surface area (Å²) in [6, 6.07) is 16.8. The van der Waals surface area contributed by atoms with Crippen molar-refractivity contribution in [1.29, 1.82) is 0 Å². The molecule has 4 rings (SSSR count). The average molecular weight is 459 g/mol. The van der Waals surface area contributed by atoms with Gasteiger partial charge in [-0.25, -0.2) is 13.1 Å². The fraction of sp³-hybridized carbons (Fsp3) is 0.435. The summed E-state index contributed by atoms with van der Waals surface area (Å²) in [5, 5.41) is 0. The highest BCUT2D eigenvalue weighted by atomic mass is 32.2. The van der Waals surface area contributed by atoms with Gasteiger partial charge in [-0.1, -0.05) is 36.8 Å². The maximum absolute atomic E-state index is 12.1. The third kappa shape index (κ3) is 4.92. The van der Waals surface area contributed by atoms with Crippen LogP contribution >= 0.6 is 12.2 Å². The molecule has 0 amide bonds. The van der Waals surface area contributed by atoms with Crippen LogP contribution in [0.25, 0.3) is 16.7 Å². The van der Waals surface area contributed by atoms with Crippen molar-refractivity contribution in [3.63, 3.8) is 0 Å². The zero-order valence-corrected chi connectivity index (χ0v) is 19.8. The van der Waals surface area contributed by atoms with Crippen LogP contribution in [0, 0.1) is 11.7 Å². The number of imidazole rings is 1. The monoisotopic (exact) mass is 458 g/mol. The molecule has 0 atom stereocenters. The molecule has 0 aliphatic carbocycles. The molecule has 2 heterocycles. The predicted octanol–water partition coefficient (Wildman–Crippen LogP) is 4.22. The van der Waals surface area contributed by atoms with Gasteiger partial charge in [-0.15, -0.1) is 0 Å². The minimum atomic E-state index is -3.17. The molecule has 0 bridgehead atoms. The number of sulfonamides is 1. The van der Waals surface area contributed by atoms with E-state index in [2.05, 4.69) is 62.1 Å². The number of likely N-dealkylation sites (tertiary alicyclic amines) is 1. The summed E-state index contributed by atoms with van der Waals surface area (Å²) < 4.78 is 32.1. The summed E-state index contributed by atoms with van der Waals surface area (Å²) in [6.45, 7) is 6.35. The van der Waals surface area contributed by atoms with Crippen LogP contribution < -0.4 is 4.72 Å². The number of nitrogens with one attached hydrogen (secondary N) is 1. The third-order valence-corrected chi connectivity index (χ3v) is 7.92. The van der Waals surface area contributed by atoms with E-state index in [1.54, 1.807) is 0 Å². The van der Waals surface area contributed by atoms with Crippen LogP contribution in [-0.2, 0) is 16.7 Å². The molecular formula is C23H30N4O2S2. The molecule has 1 saturated heterocycles. The van der Waals surface area contributed by atoms with E-state index in [4.69, 9.17) is 12.2 Å². The molecule has 166 valence electrons. The van der Waals surface area contributed by atoms with Crippen LogP contribution in [0.4, 0.5) is 0 Å². The smallest absolute Gasteiger partial charge is 0.211 e. The lowest BCUT2D eigenvalue weighted by Gasteiger charge is -2.32. The Morgan fingerprint density at radius 2 is 1.68 bits per heavy atom. The summed E-state index contributed by atoms with van der Waals surface area (Å²) in [5.74, 6) is 0.195. The van der Waals surface area contributed by atoms with Crippen molar-refractivity contribution >= 4 is 33.3 Å². The van der Waals surface area contributed by atoms with E-state index in [1.807, 2.05) is 19.1 Å². The molecule has 1 aliphatic heterocycles. The molecular weight excluding hydrogens is 428 g/mol. The minimum absolute atomic E-state index is 0.0228. The summed E-state index contributed by atoms with van der Waals surface area (Å²) in [6.07, 6.45) is 2.26. The van der Waals surface area contributed by atoms with Gasteiger partial charge in [0, 0.05) is 24.8 Å². The topological polar surface area (TPSA) is 59.3 Å². The van der Waals surface area contributed by atoms with E-state index in [0.717, 1.165) is 47.4 Å². The molecule has 0 radical (unpaired) electrons. The van der Waals surface area contributed by atoms with Crippen molar-refractivity contribution in [3.05, 3.63) is 58.9 Å². The average Bonchev–Trinajstić information content (AvgIpc) is 3.01. The van der Waals surface area contributed by atoms with Gasteiger partial charge in [-0.05, 0) is 62.7 Å². The molecule has 3 aromatic rings. The van der Waals surface area contributed by atoms with Gasteiger partial charge in [0.2, 0.25) is 10.0 Å². The highest BCUT2D eigenvalue weighted by Gasteiger charge is 2.24. The zero-order valence-electron chi connectivity index (χ0n) is 18.1. The number of para-hydroxylation sites is 2. The van der Waals surface area contributed by atoms with E-state index < -0.39 is 10.0 Å². The first-order chi connectivity index (χ1) is 14.9. The molecule has 2 aromatic carbocycles. The molecule has 6 nitrogen and oxygen atoms in total. The van der Waals surface area contributed by atoms with Gasteiger partial charge in [0.15, 0.2) is 4.77 Å². The standard InChI is InChI=1S/C23H30N4O2S2/c1-3-16-31(28,29)24-19-12-14-25(15-13-19)17-26-21-6-4-5-7-22(21)27(23(26)30)20-10-8-18(2)9-11-20/h4-11,19,24H,3,12-17H2,1-2H3. The number of aromatic nitrogens is 2. The largest absolute Gasteiger partial charge is 0.303 e. The lowest BCUT2D eigenvalue weighted by Crippen LogP contribution is -2.45.